The second-order valence-corrected chi connectivity index (χ2v) is 4.70. The molecule has 0 radical (unpaired) electrons. The molecular formula is C15H13FN2O4. The second-order valence-electron chi connectivity index (χ2n) is 4.70. The minimum absolute atomic E-state index is 0.219. The average Bonchev–Trinajstić information content (AvgIpc) is 3.08. The van der Waals surface area contributed by atoms with E-state index in [4.69, 9.17) is 19.7 Å². The quantitative estimate of drug-likeness (QED) is 0.944. The van der Waals surface area contributed by atoms with Gasteiger partial charge in [0.05, 0.1) is 6.04 Å². The fraction of sp³-hybridized carbons (Fsp3) is 0.133. The number of carbonyl (C=O) groups excluding carboxylic acids is 1. The highest BCUT2D eigenvalue weighted by molar-refractivity contribution is 5.74. The van der Waals surface area contributed by atoms with Crippen molar-refractivity contribution in [2.75, 3.05) is 0 Å². The van der Waals surface area contributed by atoms with E-state index in [1.54, 1.807) is 25.1 Å². The number of amides is 2. The van der Waals surface area contributed by atoms with E-state index in [0.717, 1.165) is 5.06 Å². The SMILES string of the molecule is C[C@@H]1C=C(c2ccc(Oc3ccc(F)cc3)o2)ON1C(N)=O. The van der Waals surface area contributed by atoms with Crippen LogP contribution in [0.2, 0.25) is 0 Å². The lowest BCUT2D eigenvalue weighted by Gasteiger charge is -2.16. The molecule has 1 aromatic heterocycles. The Hall–Kier alpha value is -2.96. The Labute approximate surface area is 125 Å². The van der Waals surface area contributed by atoms with Gasteiger partial charge in [0.15, 0.2) is 11.5 Å². The number of urea groups is 1. The highest BCUT2D eigenvalue weighted by Gasteiger charge is 2.29. The molecule has 114 valence electrons. The molecule has 0 bridgehead atoms. The fourth-order valence-corrected chi connectivity index (χ4v) is 2.01. The molecule has 7 heteroatoms. The molecule has 0 spiro atoms. The molecule has 22 heavy (non-hydrogen) atoms. The fourth-order valence-electron chi connectivity index (χ4n) is 2.01. The largest absolute Gasteiger partial charge is 0.426 e. The number of furan rings is 1. The molecule has 0 unspecified atom stereocenters. The molecule has 2 N–H and O–H groups in total. The van der Waals surface area contributed by atoms with Crippen molar-refractivity contribution in [3.8, 4) is 11.7 Å². The maximum absolute atomic E-state index is 12.8. The maximum atomic E-state index is 12.8. The summed E-state index contributed by atoms with van der Waals surface area (Å²) in [6, 6.07) is 7.80. The molecular weight excluding hydrogens is 291 g/mol. The van der Waals surface area contributed by atoms with Gasteiger partial charge in [0.1, 0.15) is 11.6 Å². The first-order valence-corrected chi connectivity index (χ1v) is 6.55. The van der Waals surface area contributed by atoms with E-state index < -0.39 is 6.03 Å². The Morgan fingerprint density at radius 3 is 2.64 bits per heavy atom. The van der Waals surface area contributed by atoms with Gasteiger partial charge in [0.2, 0.25) is 0 Å². The zero-order valence-corrected chi connectivity index (χ0v) is 11.7. The van der Waals surface area contributed by atoms with Gasteiger partial charge < -0.3 is 19.7 Å². The van der Waals surface area contributed by atoms with Crippen molar-refractivity contribution < 1.29 is 23.2 Å². The maximum Gasteiger partial charge on any atom is 0.348 e. The lowest BCUT2D eigenvalue weighted by atomic mass is 10.3. The molecule has 0 aliphatic carbocycles. The second kappa shape index (κ2) is 5.44. The number of hydrogen-bond acceptors (Lipinski definition) is 4. The third-order valence-corrected chi connectivity index (χ3v) is 3.03. The summed E-state index contributed by atoms with van der Waals surface area (Å²) in [5.41, 5.74) is 5.19. The van der Waals surface area contributed by atoms with Crippen LogP contribution in [0.1, 0.15) is 12.7 Å². The number of hydrogen-bond donors (Lipinski definition) is 1. The molecule has 1 atom stereocenters. The van der Waals surface area contributed by atoms with Crippen LogP contribution < -0.4 is 10.5 Å². The smallest absolute Gasteiger partial charge is 0.348 e. The number of rotatable bonds is 3. The summed E-state index contributed by atoms with van der Waals surface area (Å²) in [6.07, 6.45) is 1.70. The molecule has 2 heterocycles. The number of hydroxylamine groups is 2. The van der Waals surface area contributed by atoms with E-state index >= 15 is 0 Å². The third-order valence-electron chi connectivity index (χ3n) is 3.03. The summed E-state index contributed by atoms with van der Waals surface area (Å²) in [7, 11) is 0. The summed E-state index contributed by atoms with van der Waals surface area (Å²) in [4.78, 5) is 16.5. The van der Waals surface area contributed by atoms with Crippen LogP contribution in [0.4, 0.5) is 9.18 Å². The average molecular weight is 304 g/mol. The molecule has 2 aromatic rings. The van der Waals surface area contributed by atoms with Gasteiger partial charge in [-0.1, -0.05) is 0 Å². The highest BCUT2D eigenvalue weighted by atomic mass is 19.1. The molecule has 1 aromatic carbocycles. The van der Waals surface area contributed by atoms with Crippen molar-refractivity contribution >= 4 is 11.8 Å². The van der Waals surface area contributed by atoms with Crippen LogP contribution in [-0.4, -0.2) is 17.1 Å². The number of nitrogens with zero attached hydrogens (tertiary/aromatic N) is 1. The van der Waals surface area contributed by atoms with Crippen LogP contribution in [0.5, 0.6) is 11.7 Å². The van der Waals surface area contributed by atoms with Crippen LogP contribution in [-0.2, 0) is 4.84 Å². The van der Waals surface area contributed by atoms with Crippen LogP contribution in [0.25, 0.3) is 5.76 Å². The van der Waals surface area contributed by atoms with Gasteiger partial charge in [0.25, 0.3) is 5.95 Å². The predicted molar refractivity (Wildman–Crippen MR) is 75.1 cm³/mol. The number of halogens is 1. The number of primary amides is 1. The van der Waals surface area contributed by atoms with Gasteiger partial charge >= 0.3 is 6.03 Å². The van der Waals surface area contributed by atoms with E-state index in [1.807, 2.05) is 0 Å². The van der Waals surface area contributed by atoms with E-state index in [9.17, 15) is 9.18 Å². The van der Waals surface area contributed by atoms with Gasteiger partial charge in [-0.2, -0.15) is 5.06 Å². The lowest BCUT2D eigenvalue weighted by molar-refractivity contribution is -0.0371. The minimum Gasteiger partial charge on any atom is -0.426 e. The first-order valence-electron chi connectivity index (χ1n) is 6.55. The standard InChI is InChI=1S/C15H13FN2O4/c1-9-8-13(22-18(9)15(17)19)12-6-7-14(21-12)20-11-4-2-10(16)3-5-11/h2-9H,1H3,(H2,17,19)/t9-/m1/s1. The van der Waals surface area contributed by atoms with Crippen molar-refractivity contribution in [3.63, 3.8) is 0 Å². The van der Waals surface area contributed by atoms with Crippen LogP contribution in [0, 0.1) is 5.82 Å². The van der Waals surface area contributed by atoms with Crippen molar-refractivity contribution in [1.82, 2.24) is 5.06 Å². The zero-order valence-electron chi connectivity index (χ0n) is 11.7. The van der Waals surface area contributed by atoms with Gasteiger partial charge in [0, 0.05) is 6.07 Å². The molecule has 1 aliphatic heterocycles. The minimum atomic E-state index is -0.687. The molecule has 0 saturated carbocycles. The Morgan fingerprint density at radius 2 is 2.00 bits per heavy atom. The highest BCUT2D eigenvalue weighted by Crippen LogP contribution is 2.31. The summed E-state index contributed by atoms with van der Waals surface area (Å²) in [5.74, 6) is 1.08. The lowest BCUT2D eigenvalue weighted by Crippen LogP contribution is -2.37. The molecule has 2 amide bonds. The Kier molecular flexibility index (Phi) is 3.46. The molecule has 0 saturated heterocycles. The van der Waals surface area contributed by atoms with Gasteiger partial charge in [-0.15, -0.1) is 0 Å². The van der Waals surface area contributed by atoms with Crippen LogP contribution in [0.3, 0.4) is 0 Å². The van der Waals surface area contributed by atoms with E-state index in [1.165, 1.54) is 24.3 Å². The molecule has 0 fully saturated rings. The summed E-state index contributed by atoms with van der Waals surface area (Å²) in [6.45, 7) is 1.76. The topological polar surface area (TPSA) is 77.9 Å². The van der Waals surface area contributed by atoms with Gasteiger partial charge in [-0.05, 0) is 43.3 Å². The number of ether oxygens (including phenoxy) is 1. The first kappa shape index (κ1) is 14.0. The third kappa shape index (κ3) is 2.73. The Balaban J connectivity index is 1.73. The monoisotopic (exact) mass is 304 g/mol. The summed E-state index contributed by atoms with van der Waals surface area (Å²) < 4.78 is 23.8. The summed E-state index contributed by atoms with van der Waals surface area (Å²) in [5, 5.41) is 1.04. The van der Waals surface area contributed by atoms with E-state index in [-0.39, 0.29) is 17.8 Å². The first-order chi connectivity index (χ1) is 10.5. The predicted octanol–water partition coefficient (Wildman–Crippen LogP) is 3.27. The van der Waals surface area contributed by atoms with Crippen molar-refractivity contribution in [2.24, 2.45) is 5.73 Å². The molecule has 1 aliphatic rings. The summed E-state index contributed by atoms with van der Waals surface area (Å²) >= 11 is 0. The van der Waals surface area contributed by atoms with Gasteiger partial charge in [-0.25, -0.2) is 9.18 Å². The zero-order chi connectivity index (χ0) is 15.7. The molecule has 3 rings (SSSR count). The Morgan fingerprint density at radius 1 is 1.27 bits per heavy atom. The van der Waals surface area contributed by atoms with Crippen molar-refractivity contribution in [3.05, 3.63) is 54.1 Å². The van der Waals surface area contributed by atoms with E-state index in [0.29, 0.717) is 17.3 Å². The van der Waals surface area contributed by atoms with Crippen LogP contribution >= 0.6 is 0 Å². The van der Waals surface area contributed by atoms with Gasteiger partial charge in [-0.3, -0.25) is 0 Å². The number of nitrogens with two attached hydrogens (primary N) is 1. The number of carbonyl (C=O) groups is 1. The Bertz CT molecular complexity index is 723. The van der Waals surface area contributed by atoms with Crippen molar-refractivity contribution in [1.29, 1.82) is 0 Å². The van der Waals surface area contributed by atoms with E-state index in [2.05, 4.69) is 0 Å². The normalized spacial score (nSPS) is 17.1. The molecule has 6 nitrogen and oxygen atoms in total. The van der Waals surface area contributed by atoms with Crippen LogP contribution in [0.15, 0.2) is 46.9 Å². The number of benzene rings is 1. The van der Waals surface area contributed by atoms with Crippen molar-refractivity contribution in [2.45, 2.75) is 13.0 Å².